The summed E-state index contributed by atoms with van der Waals surface area (Å²) in [6.07, 6.45) is 0. The van der Waals surface area contributed by atoms with Crippen LogP contribution in [-0.4, -0.2) is 43.4 Å². The molecule has 0 saturated heterocycles. The van der Waals surface area contributed by atoms with Gasteiger partial charge in [-0.2, -0.15) is 0 Å². The largest absolute Gasteiger partial charge is 0.478 e. The monoisotopic (exact) mass is 370 g/mol. The smallest absolute Gasteiger partial charge is 0.340 e. The van der Waals surface area contributed by atoms with Crippen molar-refractivity contribution < 1.29 is 14.6 Å². The van der Waals surface area contributed by atoms with Gasteiger partial charge in [0.15, 0.2) is 0 Å². The van der Waals surface area contributed by atoms with Crippen LogP contribution in [0.2, 0.25) is 5.02 Å². The van der Waals surface area contributed by atoms with Gasteiger partial charge >= 0.3 is 5.97 Å². The summed E-state index contributed by atoms with van der Waals surface area (Å²) in [7, 11) is 3.42. The van der Waals surface area contributed by atoms with Gasteiger partial charge in [0.05, 0.1) is 12.1 Å². The predicted octanol–water partition coefficient (Wildman–Crippen LogP) is 4.34. The summed E-state index contributed by atoms with van der Waals surface area (Å²) in [6.45, 7) is 0.994. The number of carboxylic acid groups (broad SMARTS) is 1. The number of hydrogen-bond acceptors (Lipinski definition) is 4. The Morgan fingerprint density at radius 1 is 1.23 bits per heavy atom. The molecule has 3 rings (SSSR count). The molecule has 0 radical (unpaired) electrons. The Morgan fingerprint density at radius 2 is 1.96 bits per heavy atom. The minimum absolute atomic E-state index is 0.157. The minimum atomic E-state index is -1.03. The van der Waals surface area contributed by atoms with E-state index >= 15 is 0 Å². The normalized spacial score (nSPS) is 10.9. The van der Waals surface area contributed by atoms with Gasteiger partial charge in [-0.25, -0.2) is 9.78 Å². The highest BCUT2D eigenvalue weighted by atomic mass is 35.5. The van der Waals surface area contributed by atoms with Crippen molar-refractivity contribution in [2.24, 2.45) is 0 Å². The maximum atomic E-state index is 12.2. The molecule has 0 saturated carbocycles. The fourth-order valence-electron chi connectivity index (χ4n) is 2.94. The lowest BCUT2D eigenvalue weighted by atomic mass is 9.95. The summed E-state index contributed by atoms with van der Waals surface area (Å²) in [4.78, 5) is 18.6. The van der Waals surface area contributed by atoms with E-state index < -0.39 is 5.97 Å². The van der Waals surface area contributed by atoms with Crippen LogP contribution in [0.1, 0.15) is 10.4 Å². The fraction of sp³-hybridized carbons (Fsp3) is 0.200. The van der Waals surface area contributed by atoms with Crippen LogP contribution in [0.5, 0.6) is 0 Å². The maximum absolute atomic E-state index is 12.2. The van der Waals surface area contributed by atoms with Gasteiger partial charge in [-0.15, -0.1) is 0 Å². The molecule has 1 N–H and O–H groups in total. The number of fused-ring (bicyclic) bond motifs is 1. The number of halogens is 1. The number of carbonyl (C=O) groups is 1. The Morgan fingerprint density at radius 3 is 2.62 bits per heavy atom. The number of benzene rings is 2. The lowest BCUT2D eigenvalue weighted by Gasteiger charge is -2.23. The van der Waals surface area contributed by atoms with Crippen LogP contribution in [0.15, 0.2) is 48.5 Å². The van der Waals surface area contributed by atoms with Gasteiger partial charge in [0.25, 0.3) is 0 Å². The number of anilines is 1. The summed E-state index contributed by atoms with van der Waals surface area (Å²) in [5.74, 6) is -0.624. The Bertz CT molecular complexity index is 945. The average molecular weight is 371 g/mol. The minimum Gasteiger partial charge on any atom is -0.478 e. The maximum Gasteiger partial charge on any atom is 0.340 e. The Hall–Kier alpha value is -2.63. The van der Waals surface area contributed by atoms with Gasteiger partial charge in [-0.1, -0.05) is 41.9 Å². The van der Waals surface area contributed by atoms with Crippen molar-refractivity contribution in [3.05, 3.63) is 59.1 Å². The van der Waals surface area contributed by atoms with Crippen molar-refractivity contribution in [3.8, 4) is 11.1 Å². The molecule has 1 aromatic heterocycles. The zero-order chi connectivity index (χ0) is 18.7. The lowest BCUT2D eigenvalue weighted by Crippen LogP contribution is -2.25. The van der Waals surface area contributed by atoms with Gasteiger partial charge in [0.1, 0.15) is 11.4 Å². The number of methoxy groups -OCH3 is 1. The topological polar surface area (TPSA) is 62.7 Å². The first-order valence-electron chi connectivity index (χ1n) is 8.15. The van der Waals surface area contributed by atoms with Crippen molar-refractivity contribution >= 4 is 34.3 Å². The van der Waals surface area contributed by atoms with Gasteiger partial charge in [-0.05, 0) is 23.8 Å². The molecule has 0 fully saturated rings. The van der Waals surface area contributed by atoms with Crippen molar-refractivity contribution in [2.75, 3.05) is 32.2 Å². The molecule has 0 bridgehead atoms. The van der Waals surface area contributed by atoms with E-state index in [9.17, 15) is 9.90 Å². The van der Waals surface area contributed by atoms with E-state index in [1.165, 1.54) is 0 Å². The third-order valence-corrected chi connectivity index (χ3v) is 4.43. The summed E-state index contributed by atoms with van der Waals surface area (Å²) in [5.41, 5.74) is 2.27. The zero-order valence-corrected chi connectivity index (χ0v) is 15.3. The van der Waals surface area contributed by atoms with E-state index in [1.807, 2.05) is 43.4 Å². The van der Waals surface area contributed by atoms with E-state index in [-0.39, 0.29) is 5.56 Å². The lowest BCUT2D eigenvalue weighted by molar-refractivity contribution is 0.0698. The summed E-state index contributed by atoms with van der Waals surface area (Å²) in [5, 5.41) is 11.2. The highest BCUT2D eigenvalue weighted by molar-refractivity contribution is 6.31. The van der Waals surface area contributed by atoms with Crippen molar-refractivity contribution in [2.45, 2.75) is 0 Å². The molecule has 134 valence electrons. The third-order valence-electron chi connectivity index (χ3n) is 4.20. The molecule has 1 heterocycles. The van der Waals surface area contributed by atoms with E-state index in [1.54, 1.807) is 24.1 Å². The van der Waals surface area contributed by atoms with Gasteiger partial charge in [0.2, 0.25) is 0 Å². The van der Waals surface area contributed by atoms with Crippen molar-refractivity contribution in [1.29, 1.82) is 0 Å². The first-order valence-corrected chi connectivity index (χ1v) is 8.52. The Kier molecular flexibility index (Phi) is 5.40. The first kappa shape index (κ1) is 18.2. The molecule has 6 heteroatoms. The highest BCUT2D eigenvalue weighted by Crippen LogP contribution is 2.37. The van der Waals surface area contributed by atoms with E-state index in [0.717, 1.165) is 5.56 Å². The number of ether oxygens (including phenoxy) is 1. The molecule has 0 unspecified atom stereocenters. The predicted molar refractivity (Wildman–Crippen MR) is 104 cm³/mol. The molecule has 0 aliphatic rings. The zero-order valence-electron chi connectivity index (χ0n) is 14.6. The molecule has 0 aliphatic heterocycles. The van der Waals surface area contributed by atoms with Crippen LogP contribution >= 0.6 is 11.6 Å². The van der Waals surface area contributed by atoms with Crippen LogP contribution in [0.4, 0.5) is 5.82 Å². The Labute approximate surface area is 156 Å². The number of rotatable bonds is 6. The van der Waals surface area contributed by atoms with Crippen LogP contribution in [-0.2, 0) is 4.74 Å². The molecule has 2 aromatic carbocycles. The molecule has 3 aromatic rings. The number of aromatic carboxylic acids is 1. The molecule has 0 amide bonds. The molecule has 0 spiro atoms. The van der Waals surface area contributed by atoms with Gasteiger partial charge in [0, 0.05) is 36.7 Å². The summed E-state index contributed by atoms with van der Waals surface area (Å²) < 4.78 is 5.12. The van der Waals surface area contributed by atoms with Crippen molar-refractivity contribution in [3.63, 3.8) is 0 Å². The van der Waals surface area contributed by atoms with Crippen LogP contribution in [0.25, 0.3) is 22.0 Å². The standard InChI is InChI=1S/C20H19ClN2O3/c1-23(10-11-26-2)19-18(20(24)25)17(13-6-4-3-5-7-13)15-12-14(21)8-9-16(15)22-19/h3-9,12H,10-11H2,1-2H3,(H,24,25). The van der Waals surface area contributed by atoms with E-state index in [4.69, 9.17) is 16.3 Å². The molecule has 5 nitrogen and oxygen atoms in total. The first-order chi connectivity index (χ1) is 12.5. The van der Waals surface area contributed by atoms with Crippen LogP contribution in [0.3, 0.4) is 0 Å². The number of carboxylic acids is 1. The summed E-state index contributed by atoms with van der Waals surface area (Å²) in [6, 6.07) is 14.8. The van der Waals surface area contributed by atoms with E-state index in [0.29, 0.717) is 40.5 Å². The SMILES string of the molecule is COCCN(C)c1nc2ccc(Cl)cc2c(-c2ccccc2)c1C(=O)O. The molecule has 26 heavy (non-hydrogen) atoms. The van der Waals surface area contributed by atoms with Crippen LogP contribution in [0, 0.1) is 0 Å². The molecular formula is C20H19ClN2O3. The number of nitrogens with zero attached hydrogens (tertiary/aromatic N) is 2. The second-order valence-corrected chi connectivity index (χ2v) is 6.37. The summed E-state index contributed by atoms with van der Waals surface area (Å²) >= 11 is 6.18. The van der Waals surface area contributed by atoms with Crippen LogP contribution < -0.4 is 4.90 Å². The highest BCUT2D eigenvalue weighted by Gasteiger charge is 2.24. The number of hydrogen-bond donors (Lipinski definition) is 1. The number of aromatic nitrogens is 1. The van der Waals surface area contributed by atoms with Gasteiger partial charge < -0.3 is 14.7 Å². The molecule has 0 atom stereocenters. The number of pyridine rings is 1. The second-order valence-electron chi connectivity index (χ2n) is 5.93. The molecule has 0 aliphatic carbocycles. The fourth-order valence-corrected chi connectivity index (χ4v) is 3.11. The van der Waals surface area contributed by atoms with E-state index in [2.05, 4.69) is 4.98 Å². The second kappa shape index (κ2) is 7.72. The number of likely N-dealkylation sites (N-methyl/N-ethyl adjacent to an activating group) is 1. The van der Waals surface area contributed by atoms with Crippen molar-refractivity contribution in [1.82, 2.24) is 4.98 Å². The molecular weight excluding hydrogens is 352 g/mol. The third kappa shape index (κ3) is 3.49. The average Bonchev–Trinajstić information content (AvgIpc) is 2.65. The van der Waals surface area contributed by atoms with Gasteiger partial charge in [-0.3, -0.25) is 0 Å². The Balaban J connectivity index is 2.37. The quantitative estimate of drug-likeness (QED) is 0.699.